The van der Waals surface area contributed by atoms with Crippen LogP contribution in [0, 0.1) is 11.6 Å². The van der Waals surface area contributed by atoms with Crippen LogP contribution in [0.4, 0.5) is 14.5 Å². The van der Waals surface area contributed by atoms with E-state index in [1.165, 1.54) is 18.2 Å². The molecule has 1 aliphatic heterocycles. The second kappa shape index (κ2) is 4.39. The number of para-hydroxylation sites is 1. The molecule has 1 aromatic carbocycles. The maximum absolute atomic E-state index is 13.3. The summed E-state index contributed by atoms with van der Waals surface area (Å²) in [6.45, 7) is 2.08. The van der Waals surface area contributed by atoms with Crippen LogP contribution in [0.1, 0.15) is 13.3 Å². The minimum absolute atomic E-state index is 0.0110. The largest absolute Gasteiger partial charge is 0.376 e. The van der Waals surface area contributed by atoms with Gasteiger partial charge in [-0.25, -0.2) is 8.78 Å². The first-order valence-electron chi connectivity index (χ1n) is 5.00. The summed E-state index contributed by atoms with van der Waals surface area (Å²) in [6.07, 6.45) is 0.958. The molecule has 1 aliphatic rings. The molecule has 0 amide bonds. The Bertz CT molecular complexity index is 336. The summed E-state index contributed by atoms with van der Waals surface area (Å²) in [5.41, 5.74) is 0.0110. The summed E-state index contributed by atoms with van der Waals surface area (Å²) in [5, 5.41) is 3.36. The number of nitrogens with one attached hydrogen (secondary N) is 1. The average molecular weight is 229 g/mol. The van der Waals surface area contributed by atoms with Crippen molar-refractivity contribution in [1.82, 2.24) is 0 Å². The summed E-state index contributed by atoms with van der Waals surface area (Å²) < 4.78 is 26.6. The predicted molar refractivity (Wildman–Crippen MR) is 60.3 cm³/mol. The number of hydrogen-bond donors (Lipinski definition) is 1. The Balaban J connectivity index is 2.16. The van der Waals surface area contributed by atoms with Gasteiger partial charge in [-0.2, -0.15) is 11.8 Å². The summed E-state index contributed by atoms with van der Waals surface area (Å²) in [5.74, 6) is 0.0211. The zero-order chi connectivity index (χ0) is 10.8. The van der Waals surface area contributed by atoms with Gasteiger partial charge in [0, 0.05) is 11.3 Å². The highest BCUT2D eigenvalue weighted by Crippen LogP contribution is 2.30. The van der Waals surface area contributed by atoms with Crippen LogP contribution in [0.25, 0.3) is 0 Å². The number of thioether (sulfide) groups is 1. The molecule has 15 heavy (non-hydrogen) atoms. The quantitative estimate of drug-likeness (QED) is 0.835. The monoisotopic (exact) mass is 229 g/mol. The Labute approximate surface area is 92.3 Å². The molecule has 2 rings (SSSR count). The van der Waals surface area contributed by atoms with E-state index in [0.717, 1.165) is 12.2 Å². The number of rotatable bonds is 2. The third-order valence-corrected chi connectivity index (χ3v) is 3.99. The van der Waals surface area contributed by atoms with Crippen LogP contribution in [0.3, 0.4) is 0 Å². The number of anilines is 1. The van der Waals surface area contributed by atoms with Gasteiger partial charge in [-0.3, -0.25) is 0 Å². The molecule has 0 aliphatic carbocycles. The molecule has 1 fully saturated rings. The maximum atomic E-state index is 13.3. The predicted octanol–water partition coefficient (Wildman–Crippen LogP) is 3.27. The van der Waals surface area contributed by atoms with Gasteiger partial charge in [0.25, 0.3) is 0 Å². The highest BCUT2D eigenvalue weighted by molar-refractivity contribution is 8.00. The SMILES string of the molecule is CC1SCCC1Nc1c(F)cccc1F. The molecule has 2 unspecified atom stereocenters. The molecule has 0 saturated carbocycles. The third-order valence-electron chi connectivity index (χ3n) is 2.67. The Kier molecular flexibility index (Phi) is 3.14. The third kappa shape index (κ3) is 2.25. The van der Waals surface area contributed by atoms with Gasteiger partial charge in [-0.15, -0.1) is 0 Å². The van der Waals surface area contributed by atoms with Gasteiger partial charge in [0.05, 0.1) is 0 Å². The van der Waals surface area contributed by atoms with Crippen molar-refractivity contribution in [3.8, 4) is 0 Å². The zero-order valence-electron chi connectivity index (χ0n) is 8.47. The van der Waals surface area contributed by atoms with Crippen molar-refractivity contribution in [2.75, 3.05) is 11.1 Å². The second-order valence-corrected chi connectivity index (χ2v) is 5.20. The van der Waals surface area contributed by atoms with E-state index in [0.29, 0.717) is 5.25 Å². The van der Waals surface area contributed by atoms with Crippen LogP contribution in [-0.2, 0) is 0 Å². The van der Waals surface area contributed by atoms with Crippen LogP contribution in [0.2, 0.25) is 0 Å². The van der Waals surface area contributed by atoms with Crippen molar-refractivity contribution < 1.29 is 8.78 Å². The molecule has 4 heteroatoms. The number of benzene rings is 1. The maximum Gasteiger partial charge on any atom is 0.149 e. The van der Waals surface area contributed by atoms with E-state index >= 15 is 0 Å². The molecule has 82 valence electrons. The molecular formula is C11H13F2NS. The summed E-state index contributed by atoms with van der Waals surface area (Å²) >= 11 is 1.83. The van der Waals surface area contributed by atoms with Gasteiger partial charge in [-0.05, 0) is 24.3 Å². The standard InChI is InChI=1S/C11H13F2NS/c1-7-10(5-6-15-7)14-11-8(12)3-2-4-9(11)13/h2-4,7,10,14H,5-6H2,1H3. The smallest absolute Gasteiger partial charge is 0.149 e. The molecule has 1 aromatic rings. The Morgan fingerprint density at radius 1 is 1.33 bits per heavy atom. The first kappa shape index (κ1) is 10.7. The van der Waals surface area contributed by atoms with Crippen molar-refractivity contribution in [1.29, 1.82) is 0 Å². The van der Waals surface area contributed by atoms with Crippen LogP contribution in [0.15, 0.2) is 18.2 Å². The Hall–Kier alpha value is -0.770. The van der Waals surface area contributed by atoms with Gasteiger partial charge in [0.2, 0.25) is 0 Å². The fourth-order valence-corrected chi connectivity index (χ4v) is 2.94. The topological polar surface area (TPSA) is 12.0 Å². The first-order valence-corrected chi connectivity index (χ1v) is 6.05. The lowest BCUT2D eigenvalue weighted by Gasteiger charge is -2.18. The lowest BCUT2D eigenvalue weighted by Crippen LogP contribution is -2.25. The second-order valence-electron chi connectivity index (χ2n) is 3.71. The molecular weight excluding hydrogens is 216 g/mol. The van der Waals surface area contributed by atoms with Crippen LogP contribution in [-0.4, -0.2) is 17.0 Å². The van der Waals surface area contributed by atoms with Crippen LogP contribution < -0.4 is 5.32 Å². The van der Waals surface area contributed by atoms with Gasteiger partial charge < -0.3 is 5.32 Å². The number of hydrogen-bond acceptors (Lipinski definition) is 2. The minimum atomic E-state index is -0.515. The Morgan fingerprint density at radius 2 is 2.00 bits per heavy atom. The molecule has 0 aromatic heterocycles. The first-order chi connectivity index (χ1) is 7.18. The highest BCUT2D eigenvalue weighted by atomic mass is 32.2. The van der Waals surface area contributed by atoms with Crippen LogP contribution in [0.5, 0.6) is 0 Å². The van der Waals surface area contributed by atoms with Crippen molar-refractivity contribution in [2.45, 2.75) is 24.6 Å². The van der Waals surface area contributed by atoms with Gasteiger partial charge in [-0.1, -0.05) is 13.0 Å². The van der Waals surface area contributed by atoms with E-state index in [4.69, 9.17) is 0 Å². The van der Waals surface area contributed by atoms with Crippen molar-refractivity contribution in [2.24, 2.45) is 0 Å². The van der Waals surface area contributed by atoms with E-state index in [2.05, 4.69) is 12.2 Å². The Morgan fingerprint density at radius 3 is 2.53 bits per heavy atom. The molecule has 1 heterocycles. The molecule has 1 saturated heterocycles. The van der Waals surface area contributed by atoms with E-state index in [9.17, 15) is 8.78 Å². The lowest BCUT2D eigenvalue weighted by molar-refractivity contribution is 0.580. The van der Waals surface area contributed by atoms with Crippen LogP contribution >= 0.6 is 11.8 Å². The normalized spacial score (nSPS) is 25.5. The molecule has 0 bridgehead atoms. The lowest BCUT2D eigenvalue weighted by atomic mass is 10.1. The average Bonchev–Trinajstić information content (AvgIpc) is 2.58. The van der Waals surface area contributed by atoms with Crippen molar-refractivity contribution in [3.05, 3.63) is 29.8 Å². The van der Waals surface area contributed by atoms with E-state index in [1.54, 1.807) is 0 Å². The summed E-state index contributed by atoms with van der Waals surface area (Å²) in [4.78, 5) is 0. The minimum Gasteiger partial charge on any atom is -0.376 e. The summed E-state index contributed by atoms with van der Waals surface area (Å²) in [7, 11) is 0. The molecule has 1 N–H and O–H groups in total. The van der Waals surface area contributed by atoms with Gasteiger partial charge in [0.15, 0.2) is 0 Å². The van der Waals surface area contributed by atoms with Crippen molar-refractivity contribution in [3.63, 3.8) is 0 Å². The zero-order valence-corrected chi connectivity index (χ0v) is 9.28. The fraction of sp³-hybridized carbons (Fsp3) is 0.455. The number of halogens is 2. The van der Waals surface area contributed by atoms with E-state index in [-0.39, 0.29) is 11.7 Å². The molecule has 2 atom stereocenters. The van der Waals surface area contributed by atoms with E-state index in [1.807, 2.05) is 11.8 Å². The van der Waals surface area contributed by atoms with Gasteiger partial charge in [0.1, 0.15) is 17.3 Å². The molecule has 1 nitrogen and oxygen atoms in total. The molecule has 0 spiro atoms. The fourth-order valence-electron chi connectivity index (χ4n) is 1.74. The molecule has 0 radical (unpaired) electrons. The summed E-state index contributed by atoms with van der Waals surface area (Å²) in [6, 6.07) is 4.10. The van der Waals surface area contributed by atoms with Gasteiger partial charge >= 0.3 is 0 Å². The van der Waals surface area contributed by atoms with E-state index < -0.39 is 11.6 Å². The van der Waals surface area contributed by atoms with Crippen molar-refractivity contribution >= 4 is 17.4 Å². The highest BCUT2D eigenvalue weighted by Gasteiger charge is 2.25.